The molecule has 0 aliphatic heterocycles. The van der Waals surface area contributed by atoms with Gasteiger partial charge in [0.05, 0.1) is 7.11 Å². The molecule has 0 radical (unpaired) electrons. The highest BCUT2D eigenvalue weighted by Gasteiger charge is 2.09. The molecule has 2 aromatic carbocycles. The van der Waals surface area contributed by atoms with E-state index in [1.165, 1.54) is 0 Å². The van der Waals surface area contributed by atoms with Crippen LogP contribution in [0, 0.1) is 0 Å². The molecule has 110 valence electrons. The van der Waals surface area contributed by atoms with Crippen LogP contribution in [0.4, 0.5) is 5.69 Å². The summed E-state index contributed by atoms with van der Waals surface area (Å²) in [5, 5.41) is 3.99. The summed E-state index contributed by atoms with van der Waals surface area (Å²) in [6.45, 7) is 0. The third-order valence-electron chi connectivity index (χ3n) is 3.04. The molecule has 0 aliphatic carbocycles. The lowest BCUT2D eigenvalue weighted by Gasteiger charge is -2.08. The van der Waals surface area contributed by atoms with Crippen molar-refractivity contribution in [3.8, 4) is 5.75 Å². The number of nitrogens with one attached hydrogen (secondary N) is 1. The number of benzene rings is 2. The molecular weight excluding hydrogens is 309 g/mol. The molecule has 5 heteroatoms. The molecule has 1 N–H and O–H groups in total. The van der Waals surface area contributed by atoms with Crippen LogP contribution in [0.5, 0.6) is 5.75 Å². The molecule has 2 rings (SSSR count). The second-order valence-corrected chi connectivity index (χ2v) is 5.29. The number of halogens is 2. The van der Waals surface area contributed by atoms with Gasteiger partial charge in [0, 0.05) is 22.2 Å². The smallest absolute Gasteiger partial charge is 0.224 e. The average molecular weight is 324 g/mol. The maximum absolute atomic E-state index is 11.9. The fourth-order valence-electron chi connectivity index (χ4n) is 1.91. The Bertz CT molecular complexity index is 606. The van der Waals surface area contributed by atoms with E-state index >= 15 is 0 Å². The highest BCUT2D eigenvalue weighted by atomic mass is 35.5. The molecule has 21 heavy (non-hydrogen) atoms. The molecule has 2 aromatic rings. The number of methoxy groups -OCH3 is 1. The first-order valence-electron chi connectivity index (χ1n) is 6.47. The molecule has 0 heterocycles. The molecule has 3 nitrogen and oxygen atoms in total. The maximum atomic E-state index is 11.9. The molecule has 0 fully saturated rings. The second kappa shape index (κ2) is 7.34. The van der Waals surface area contributed by atoms with E-state index < -0.39 is 0 Å². The first kappa shape index (κ1) is 15.7. The summed E-state index contributed by atoms with van der Waals surface area (Å²) < 4.78 is 5.06. The van der Waals surface area contributed by atoms with E-state index in [9.17, 15) is 4.79 Å². The molecule has 0 saturated carbocycles. The van der Waals surface area contributed by atoms with Crippen LogP contribution >= 0.6 is 23.2 Å². The van der Waals surface area contributed by atoms with E-state index in [1.807, 2.05) is 0 Å². The molecule has 0 saturated heterocycles. The van der Waals surface area contributed by atoms with Gasteiger partial charge in [0.1, 0.15) is 5.75 Å². The zero-order valence-corrected chi connectivity index (χ0v) is 13.0. The summed E-state index contributed by atoms with van der Waals surface area (Å²) in [7, 11) is 1.60. The van der Waals surface area contributed by atoms with Crippen LogP contribution in [0.2, 0.25) is 10.0 Å². The number of rotatable bonds is 5. The van der Waals surface area contributed by atoms with Crippen LogP contribution < -0.4 is 10.1 Å². The fraction of sp³-hybridized carbons (Fsp3) is 0.188. The Morgan fingerprint density at radius 3 is 2.29 bits per heavy atom. The highest BCUT2D eigenvalue weighted by molar-refractivity contribution is 6.36. The van der Waals surface area contributed by atoms with Crippen molar-refractivity contribution in [3.05, 3.63) is 58.1 Å². The van der Waals surface area contributed by atoms with Crippen LogP contribution in [0.1, 0.15) is 12.0 Å². The quantitative estimate of drug-likeness (QED) is 0.875. The van der Waals surface area contributed by atoms with Crippen LogP contribution in [0.15, 0.2) is 42.5 Å². The SMILES string of the molecule is COc1ccc(NC(=O)CCc2c(Cl)cccc2Cl)cc1. The van der Waals surface area contributed by atoms with Gasteiger partial charge in [-0.05, 0) is 48.4 Å². The predicted molar refractivity (Wildman–Crippen MR) is 86.4 cm³/mol. The second-order valence-electron chi connectivity index (χ2n) is 4.48. The lowest BCUT2D eigenvalue weighted by Crippen LogP contribution is -2.12. The summed E-state index contributed by atoms with van der Waals surface area (Å²) in [6, 6.07) is 12.5. The molecule has 1 amide bonds. The van der Waals surface area contributed by atoms with Crippen molar-refractivity contribution in [2.24, 2.45) is 0 Å². The van der Waals surface area contributed by atoms with Gasteiger partial charge in [-0.3, -0.25) is 4.79 Å². The molecule has 0 bridgehead atoms. The predicted octanol–water partition coefficient (Wildman–Crippen LogP) is 4.57. The van der Waals surface area contributed by atoms with Gasteiger partial charge in [-0.15, -0.1) is 0 Å². The van der Waals surface area contributed by atoms with Gasteiger partial charge in [-0.1, -0.05) is 29.3 Å². The summed E-state index contributed by atoms with van der Waals surface area (Å²) in [5.74, 6) is 0.659. The van der Waals surface area contributed by atoms with Crippen LogP contribution in [0.3, 0.4) is 0 Å². The minimum atomic E-state index is -0.0869. The zero-order valence-electron chi connectivity index (χ0n) is 11.5. The van der Waals surface area contributed by atoms with E-state index in [2.05, 4.69) is 5.32 Å². The number of amides is 1. The topological polar surface area (TPSA) is 38.3 Å². The Labute approximate surface area is 133 Å². The van der Waals surface area contributed by atoms with Gasteiger partial charge < -0.3 is 10.1 Å². The van der Waals surface area contributed by atoms with Crippen molar-refractivity contribution >= 4 is 34.8 Å². The van der Waals surface area contributed by atoms with Crippen molar-refractivity contribution in [3.63, 3.8) is 0 Å². The highest BCUT2D eigenvalue weighted by Crippen LogP contribution is 2.25. The van der Waals surface area contributed by atoms with Gasteiger partial charge >= 0.3 is 0 Å². The molecule has 0 atom stereocenters. The summed E-state index contributed by atoms with van der Waals surface area (Å²) in [5.41, 5.74) is 1.52. The number of anilines is 1. The van der Waals surface area contributed by atoms with Crippen LogP contribution in [-0.2, 0) is 11.2 Å². The summed E-state index contributed by atoms with van der Waals surface area (Å²) in [4.78, 5) is 11.9. The van der Waals surface area contributed by atoms with Gasteiger partial charge in [-0.2, -0.15) is 0 Å². The van der Waals surface area contributed by atoms with Gasteiger partial charge in [0.25, 0.3) is 0 Å². The molecule has 0 aliphatic rings. The Kier molecular flexibility index (Phi) is 5.48. The average Bonchev–Trinajstić information content (AvgIpc) is 2.47. The van der Waals surface area contributed by atoms with Gasteiger partial charge in [-0.25, -0.2) is 0 Å². The molecule has 0 spiro atoms. The Morgan fingerprint density at radius 2 is 1.71 bits per heavy atom. The first-order valence-corrected chi connectivity index (χ1v) is 7.22. The van der Waals surface area contributed by atoms with Crippen LogP contribution in [-0.4, -0.2) is 13.0 Å². The van der Waals surface area contributed by atoms with E-state index in [4.69, 9.17) is 27.9 Å². The van der Waals surface area contributed by atoms with Crippen molar-refractivity contribution in [1.82, 2.24) is 0 Å². The maximum Gasteiger partial charge on any atom is 0.224 e. The standard InChI is InChI=1S/C16H15Cl2NO2/c1-21-12-7-5-11(6-8-12)19-16(20)10-9-13-14(17)3-2-4-15(13)18/h2-8H,9-10H2,1H3,(H,19,20). The third-order valence-corrected chi connectivity index (χ3v) is 3.75. The fourth-order valence-corrected chi connectivity index (χ4v) is 2.49. The first-order chi connectivity index (χ1) is 10.1. The minimum absolute atomic E-state index is 0.0869. The van der Waals surface area contributed by atoms with Gasteiger partial charge in [0.15, 0.2) is 0 Å². The van der Waals surface area contributed by atoms with Crippen LogP contribution in [0.25, 0.3) is 0 Å². The summed E-state index contributed by atoms with van der Waals surface area (Å²) in [6.07, 6.45) is 0.815. The largest absolute Gasteiger partial charge is 0.497 e. The summed E-state index contributed by atoms with van der Waals surface area (Å²) >= 11 is 12.2. The molecular formula is C16H15Cl2NO2. The molecule has 0 unspecified atom stereocenters. The Balaban J connectivity index is 1.92. The Hall–Kier alpha value is -1.71. The Morgan fingerprint density at radius 1 is 1.10 bits per heavy atom. The zero-order chi connectivity index (χ0) is 15.2. The number of hydrogen-bond donors (Lipinski definition) is 1. The normalized spacial score (nSPS) is 10.2. The van der Waals surface area contributed by atoms with Gasteiger partial charge in [0.2, 0.25) is 5.91 Å². The van der Waals surface area contributed by atoms with E-state index in [-0.39, 0.29) is 5.91 Å². The number of carbonyl (C=O) groups excluding carboxylic acids is 1. The van der Waals surface area contributed by atoms with E-state index in [0.717, 1.165) is 17.0 Å². The van der Waals surface area contributed by atoms with E-state index in [1.54, 1.807) is 49.6 Å². The number of carbonyl (C=O) groups is 1. The van der Waals surface area contributed by atoms with Crippen molar-refractivity contribution in [1.29, 1.82) is 0 Å². The lowest BCUT2D eigenvalue weighted by atomic mass is 10.1. The minimum Gasteiger partial charge on any atom is -0.497 e. The number of hydrogen-bond acceptors (Lipinski definition) is 2. The van der Waals surface area contributed by atoms with Crippen molar-refractivity contribution in [2.75, 3.05) is 12.4 Å². The number of ether oxygens (including phenoxy) is 1. The van der Waals surface area contributed by atoms with E-state index in [0.29, 0.717) is 22.9 Å². The lowest BCUT2D eigenvalue weighted by molar-refractivity contribution is -0.116. The molecule has 0 aromatic heterocycles. The third kappa shape index (κ3) is 4.38. The van der Waals surface area contributed by atoms with Crippen molar-refractivity contribution in [2.45, 2.75) is 12.8 Å². The van der Waals surface area contributed by atoms with Crippen molar-refractivity contribution < 1.29 is 9.53 Å². The monoisotopic (exact) mass is 323 g/mol.